The maximum atomic E-state index is 13.4. The summed E-state index contributed by atoms with van der Waals surface area (Å²) in [6.07, 6.45) is -0.0750. The van der Waals surface area contributed by atoms with Crippen molar-refractivity contribution >= 4 is 29.3 Å². The van der Waals surface area contributed by atoms with E-state index in [1.165, 1.54) is 4.90 Å². The second kappa shape index (κ2) is 8.80. The summed E-state index contributed by atoms with van der Waals surface area (Å²) in [5.74, 6) is -0.0413. The predicted octanol–water partition coefficient (Wildman–Crippen LogP) is 3.31. The zero-order valence-corrected chi connectivity index (χ0v) is 19.4. The first kappa shape index (κ1) is 23.6. The van der Waals surface area contributed by atoms with Crippen molar-refractivity contribution in [1.82, 2.24) is 15.4 Å². The lowest BCUT2D eigenvalue weighted by molar-refractivity contribution is -0.139. The molecular formula is C23H31N3O6. The molecule has 1 N–H and O–H groups in total. The number of hydrogen-bond donors (Lipinski definition) is 1. The number of likely N-dealkylation sites (tertiary alicyclic amines) is 1. The highest BCUT2D eigenvalue weighted by atomic mass is 16.6. The highest BCUT2D eigenvalue weighted by Crippen LogP contribution is 2.30. The van der Waals surface area contributed by atoms with Gasteiger partial charge in [0.25, 0.3) is 5.88 Å². The van der Waals surface area contributed by atoms with Gasteiger partial charge in [-0.3, -0.25) is 4.79 Å². The molecule has 0 saturated carbocycles. The second-order valence-electron chi connectivity index (χ2n) is 10.1. The number of alkyl carbamates (subject to hydrolysis) is 1. The van der Waals surface area contributed by atoms with Crippen LogP contribution in [-0.2, 0) is 14.3 Å². The van der Waals surface area contributed by atoms with E-state index in [0.29, 0.717) is 17.9 Å². The van der Waals surface area contributed by atoms with Crippen LogP contribution in [0.2, 0.25) is 0 Å². The van der Waals surface area contributed by atoms with Crippen molar-refractivity contribution in [2.45, 2.75) is 71.8 Å². The Morgan fingerprint density at radius 3 is 2.53 bits per heavy atom. The van der Waals surface area contributed by atoms with Crippen LogP contribution >= 0.6 is 0 Å². The van der Waals surface area contributed by atoms with Crippen molar-refractivity contribution in [3.8, 4) is 5.88 Å². The van der Waals surface area contributed by atoms with Crippen LogP contribution in [0.1, 0.15) is 48.0 Å². The lowest BCUT2D eigenvalue weighted by atomic mass is 9.85. The van der Waals surface area contributed by atoms with E-state index in [4.69, 9.17) is 14.0 Å². The third-order valence-electron chi connectivity index (χ3n) is 5.14. The zero-order valence-electron chi connectivity index (χ0n) is 19.4. The standard InChI is InChI=1S/C23H31N3O6/c1-22(2,3)18(24-21(29)31-23(4,5)6)20(28)26-12-15(11-14(26)13-27)30-19-16-9-7-8-10-17(16)32-25-19/h7-10,13-15,18H,11-12H2,1-6H3,(H,24,29)/t14-,15+,18+/m0/s1. The van der Waals surface area contributed by atoms with Gasteiger partial charge in [-0.2, -0.15) is 0 Å². The van der Waals surface area contributed by atoms with E-state index in [9.17, 15) is 14.4 Å². The first-order valence-corrected chi connectivity index (χ1v) is 10.7. The highest BCUT2D eigenvalue weighted by Gasteiger charge is 2.43. The molecule has 32 heavy (non-hydrogen) atoms. The van der Waals surface area contributed by atoms with Crippen LogP contribution in [0.3, 0.4) is 0 Å². The smallest absolute Gasteiger partial charge is 0.408 e. The average molecular weight is 446 g/mol. The van der Waals surface area contributed by atoms with Crippen LogP contribution in [0.5, 0.6) is 5.88 Å². The molecular weight excluding hydrogens is 414 g/mol. The third kappa shape index (κ3) is 5.38. The Labute approximate surface area is 187 Å². The van der Waals surface area contributed by atoms with Gasteiger partial charge in [-0.05, 0) is 43.5 Å². The molecule has 1 aromatic heterocycles. The number of carbonyl (C=O) groups is 3. The first-order chi connectivity index (χ1) is 14.9. The molecule has 2 amide bonds. The molecule has 174 valence electrons. The summed E-state index contributed by atoms with van der Waals surface area (Å²) < 4.78 is 16.6. The molecule has 1 aromatic carbocycles. The van der Waals surface area contributed by atoms with E-state index in [0.717, 1.165) is 11.7 Å². The summed E-state index contributed by atoms with van der Waals surface area (Å²) in [6.45, 7) is 11.0. The number of aldehydes is 1. The molecule has 2 heterocycles. The van der Waals surface area contributed by atoms with Gasteiger partial charge in [0.1, 0.15) is 24.0 Å². The molecule has 9 nitrogen and oxygen atoms in total. The summed E-state index contributed by atoms with van der Waals surface area (Å²) in [7, 11) is 0. The molecule has 1 aliphatic heterocycles. The fourth-order valence-corrected chi connectivity index (χ4v) is 3.64. The monoisotopic (exact) mass is 445 g/mol. The maximum absolute atomic E-state index is 13.4. The average Bonchev–Trinajstić information content (AvgIpc) is 3.28. The number of hydrogen-bond acceptors (Lipinski definition) is 7. The van der Waals surface area contributed by atoms with E-state index < -0.39 is 35.3 Å². The molecule has 0 radical (unpaired) electrons. The SMILES string of the molecule is CC(C)(C)OC(=O)N[C@H](C(=O)N1C[C@H](Oc2noc3ccccc23)C[C@H]1C=O)C(C)(C)C. The molecule has 9 heteroatoms. The van der Waals surface area contributed by atoms with Crippen LogP contribution in [0, 0.1) is 5.41 Å². The number of fused-ring (bicyclic) bond motifs is 1. The first-order valence-electron chi connectivity index (χ1n) is 10.7. The Morgan fingerprint density at radius 2 is 1.91 bits per heavy atom. The van der Waals surface area contributed by atoms with Crippen molar-refractivity contribution in [2.24, 2.45) is 5.41 Å². The van der Waals surface area contributed by atoms with Gasteiger partial charge >= 0.3 is 6.09 Å². The molecule has 1 fully saturated rings. The maximum Gasteiger partial charge on any atom is 0.408 e. The Balaban J connectivity index is 1.75. The van der Waals surface area contributed by atoms with Crippen molar-refractivity contribution in [1.29, 1.82) is 0 Å². The Kier molecular flexibility index (Phi) is 6.48. The molecule has 1 saturated heterocycles. The minimum atomic E-state index is -0.883. The van der Waals surface area contributed by atoms with Crippen LogP contribution in [0.15, 0.2) is 28.8 Å². The number of rotatable bonds is 5. The number of carbonyl (C=O) groups excluding carboxylic acids is 3. The summed E-state index contributed by atoms with van der Waals surface area (Å²) in [5.41, 5.74) is -0.717. The van der Waals surface area contributed by atoms with Crippen molar-refractivity contribution < 1.29 is 28.4 Å². The second-order valence-corrected chi connectivity index (χ2v) is 10.1. The van der Waals surface area contributed by atoms with Gasteiger partial charge in [0.15, 0.2) is 5.58 Å². The predicted molar refractivity (Wildman–Crippen MR) is 117 cm³/mol. The molecule has 0 aliphatic carbocycles. The van der Waals surface area contributed by atoms with Gasteiger partial charge in [0, 0.05) is 6.42 Å². The Morgan fingerprint density at radius 1 is 1.22 bits per heavy atom. The number of benzene rings is 1. The van der Waals surface area contributed by atoms with Crippen LogP contribution in [-0.4, -0.2) is 58.7 Å². The number of nitrogens with one attached hydrogen (secondary N) is 1. The van der Waals surface area contributed by atoms with E-state index in [1.807, 2.05) is 39.0 Å². The van der Waals surface area contributed by atoms with E-state index >= 15 is 0 Å². The molecule has 1 aliphatic rings. The largest absolute Gasteiger partial charge is 0.470 e. The highest BCUT2D eigenvalue weighted by molar-refractivity contribution is 5.89. The van der Waals surface area contributed by atoms with Gasteiger partial charge in [-0.25, -0.2) is 4.79 Å². The number of amides is 2. The van der Waals surface area contributed by atoms with Crippen molar-refractivity contribution in [3.63, 3.8) is 0 Å². The molecule has 3 rings (SSSR count). The number of nitrogens with zero attached hydrogens (tertiary/aromatic N) is 2. The molecule has 0 spiro atoms. The van der Waals surface area contributed by atoms with Gasteiger partial charge < -0.3 is 29.0 Å². The molecule has 0 bridgehead atoms. The van der Waals surface area contributed by atoms with Crippen LogP contribution in [0.25, 0.3) is 11.0 Å². The van der Waals surface area contributed by atoms with Crippen LogP contribution in [0.4, 0.5) is 4.79 Å². The Bertz CT molecular complexity index is 988. The number of aromatic nitrogens is 1. The molecule has 2 aromatic rings. The lowest BCUT2D eigenvalue weighted by Gasteiger charge is -2.35. The van der Waals surface area contributed by atoms with Gasteiger partial charge in [-0.15, -0.1) is 0 Å². The molecule has 3 atom stereocenters. The summed E-state index contributed by atoms with van der Waals surface area (Å²) in [4.78, 5) is 39.0. The summed E-state index contributed by atoms with van der Waals surface area (Å²) in [5, 5.41) is 7.37. The lowest BCUT2D eigenvalue weighted by Crippen LogP contribution is -2.56. The Hall–Kier alpha value is -3.10. The fourth-order valence-electron chi connectivity index (χ4n) is 3.64. The topological polar surface area (TPSA) is 111 Å². The fraction of sp³-hybridized carbons (Fsp3) is 0.565. The van der Waals surface area contributed by atoms with E-state index in [1.54, 1.807) is 26.8 Å². The number of ether oxygens (including phenoxy) is 2. The van der Waals surface area contributed by atoms with Crippen LogP contribution < -0.4 is 10.1 Å². The normalized spacial score (nSPS) is 20.1. The van der Waals surface area contributed by atoms with Gasteiger partial charge in [0.05, 0.1) is 18.0 Å². The van der Waals surface area contributed by atoms with Crippen molar-refractivity contribution in [2.75, 3.05) is 6.54 Å². The third-order valence-corrected chi connectivity index (χ3v) is 5.14. The van der Waals surface area contributed by atoms with E-state index in [2.05, 4.69) is 10.5 Å². The summed E-state index contributed by atoms with van der Waals surface area (Å²) in [6, 6.07) is 5.74. The minimum Gasteiger partial charge on any atom is -0.470 e. The van der Waals surface area contributed by atoms with Gasteiger partial charge in [0.2, 0.25) is 5.91 Å². The quantitative estimate of drug-likeness (QED) is 0.703. The van der Waals surface area contributed by atoms with Gasteiger partial charge in [-0.1, -0.05) is 32.9 Å². The summed E-state index contributed by atoms with van der Waals surface area (Å²) >= 11 is 0. The minimum absolute atomic E-state index is 0.187. The zero-order chi connectivity index (χ0) is 23.7. The molecule has 0 unspecified atom stereocenters. The van der Waals surface area contributed by atoms with Crippen molar-refractivity contribution in [3.05, 3.63) is 24.3 Å². The number of para-hydroxylation sites is 1. The van der Waals surface area contributed by atoms with E-state index in [-0.39, 0.29) is 12.5 Å².